The Morgan fingerprint density at radius 1 is 1.11 bits per heavy atom. The van der Waals surface area contributed by atoms with E-state index < -0.39 is 0 Å². The maximum atomic E-state index is 13.4. The molecule has 4 aliphatic rings. The summed E-state index contributed by atoms with van der Waals surface area (Å²) in [4.78, 5) is 17.9. The highest BCUT2D eigenvalue weighted by Crippen LogP contribution is 2.31. The van der Waals surface area contributed by atoms with Gasteiger partial charge in [0.2, 0.25) is 0 Å². The molecule has 148 valence electrons. The zero-order chi connectivity index (χ0) is 19.1. The summed E-state index contributed by atoms with van der Waals surface area (Å²) in [7, 11) is 0. The Labute approximate surface area is 164 Å². The number of nitrogens with one attached hydrogen (secondary N) is 1. The normalized spacial score (nSPS) is 24.8. The largest absolute Gasteiger partial charge is 0.333 e. The minimum Gasteiger partial charge on any atom is -0.333 e. The first-order valence-corrected chi connectivity index (χ1v) is 10.5. The summed E-state index contributed by atoms with van der Waals surface area (Å²) in [5.74, 6) is 0.412. The molecule has 1 aromatic carbocycles. The number of aromatic amines is 1. The van der Waals surface area contributed by atoms with E-state index in [9.17, 15) is 9.18 Å². The Bertz CT molecular complexity index is 862. The predicted octanol–water partition coefficient (Wildman–Crippen LogP) is 3.16. The zero-order valence-corrected chi connectivity index (χ0v) is 16.2. The van der Waals surface area contributed by atoms with Crippen LogP contribution < -0.4 is 0 Å². The monoisotopic (exact) mass is 382 g/mol. The first-order chi connectivity index (χ1) is 13.7. The summed E-state index contributed by atoms with van der Waals surface area (Å²) in [5.41, 5.74) is 4.10. The first-order valence-electron chi connectivity index (χ1n) is 10.5. The second-order valence-corrected chi connectivity index (χ2v) is 8.61. The van der Waals surface area contributed by atoms with Gasteiger partial charge in [-0.1, -0.05) is 12.1 Å². The number of aromatic nitrogens is 2. The molecule has 2 atom stereocenters. The number of nitrogens with zero attached hydrogens (tertiary/aromatic N) is 3. The SMILES string of the molecule is O=C(c1n[nH]c2c1CCCC2)N1C[C@H]2CC[C@@H]1CN(Cc1ccc(F)cc1)C2. The summed E-state index contributed by atoms with van der Waals surface area (Å²) < 4.78 is 13.2. The lowest BCUT2D eigenvalue weighted by Gasteiger charge is -2.36. The lowest BCUT2D eigenvalue weighted by Crippen LogP contribution is -2.47. The van der Waals surface area contributed by atoms with Gasteiger partial charge < -0.3 is 4.90 Å². The molecule has 0 unspecified atom stereocenters. The minimum atomic E-state index is -0.196. The van der Waals surface area contributed by atoms with Gasteiger partial charge in [0.05, 0.1) is 0 Å². The van der Waals surface area contributed by atoms with Gasteiger partial charge in [0.25, 0.3) is 5.91 Å². The van der Waals surface area contributed by atoms with Crippen LogP contribution in [-0.2, 0) is 19.4 Å². The second kappa shape index (κ2) is 7.32. The van der Waals surface area contributed by atoms with E-state index in [1.807, 2.05) is 12.1 Å². The van der Waals surface area contributed by atoms with Gasteiger partial charge >= 0.3 is 0 Å². The number of halogens is 1. The lowest BCUT2D eigenvalue weighted by molar-refractivity contribution is 0.0577. The van der Waals surface area contributed by atoms with E-state index in [0.29, 0.717) is 11.6 Å². The van der Waals surface area contributed by atoms with Crippen LogP contribution in [0, 0.1) is 11.7 Å². The average molecular weight is 382 g/mol. The molecule has 3 saturated heterocycles. The average Bonchev–Trinajstić information content (AvgIpc) is 2.95. The maximum absolute atomic E-state index is 13.4. The molecule has 3 fully saturated rings. The van der Waals surface area contributed by atoms with Crippen LogP contribution in [0.25, 0.3) is 0 Å². The number of fused-ring (bicyclic) bond motifs is 5. The molecular formula is C22H27FN4O. The van der Waals surface area contributed by atoms with E-state index in [4.69, 9.17) is 0 Å². The fourth-order valence-corrected chi connectivity index (χ4v) is 5.20. The Hall–Kier alpha value is -2.21. The summed E-state index contributed by atoms with van der Waals surface area (Å²) >= 11 is 0. The molecule has 0 spiro atoms. The fraction of sp³-hybridized carbons (Fsp3) is 0.545. The Morgan fingerprint density at radius 2 is 1.93 bits per heavy atom. The van der Waals surface area contributed by atoms with Crippen LogP contribution in [0.3, 0.4) is 0 Å². The highest BCUT2D eigenvalue weighted by atomic mass is 19.1. The molecule has 4 heterocycles. The van der Waals surface area contributed by atoms with Crippen molar-refractivity contribution in [2.24, 2.45) is 5.92 Å². The Kier molecular flexibility index (Phi) is 4.67. The summed E-state index contributed by atoms with van der Waals surface area (Å²) in [6, 6.07) is 7.02. The molecule has 2 bridgehead atoms. The van der Waals surface area contributed by atoms with Gasteiger partial charge in [0, 0.05) is 43.5 Å². The van der Waals surface area contributed by atoms with E-state index >= 15 is 0 Å². The smallest absolute Gasteiger partial charge is 0.274 e. The number of benzene rings is 1. The van der Waals surface area contributed by atoms with Crippen molar-refractivity contribution in [1.82, 2.24) is 20.0 Å². The van der Waals surface area contributed by atoms with E-state index in [1.165, 1.54) is 25.0 Å². The van der Waals surface area contributed by atoms with Gasteiger partial charge in [-0.2, -0.15) is 5.10 Å². The number of aryl methyl sites for hydroxylation is 1. The standard InChI is InChI=1S/C22H27FN4O/c23-17-8-5-15(6-9-17)11-26-12-16-7-10-18(14-26)27(13-16)22(28)21-19-3-1-2-4-20(19)24-25-21/h5-6,8-9,16,18H,1-4,7,10-14H2,(H,24,25)/t16-,18+/m0/s1. The van der Waals surface area contributed by atoms with E-state index in [1.54, 1.807) is 0 Å². The number of carbonyl (C=O) groups excluding carboxylic acids is 1. The van der Waals surface area contributed by atoms with Crippen molar-refractivity contribution in [2.45, 2.75) is 51.1 Å². The van der Waals surface area contributed by atoms with Crippen molar-refractivity contribution < 1.29 is 9.18 Å². The van der Waals surface area contributed by atoms with Crippen molar-refractivity contribution in [3.05, 3.63) is 52.6 Å². The van der Waals surface area contributed by atoms with Gasteiger partial charge in [0.15, 0.2) is 5.69 Å². The molecule has 1 aliphatic carbocycles. The topological polar surface area (TPSA) is 52.2 Å². The Morgan fingerprint density at radius 3 is 2.79 bits per heavy atom. The van der Waals surface area contributed by atoms with Crippen LogP contribution in [0.15, 0.2) is 24.3 Å². The van der Waals surface area contributed by atoms with Crippen LogP contribution in [0.4, 0.5) is 4.39 Å². The van der Waals surface area contributed by atoms with Crippen molar-refractivity contribution in [1.29, 1.82) is 0 Å². The number of hydrogen-bond acceptors (Lipinski definition) is 3. The maximum Gasteiger partial charge on any atom is 0.274 e. The number of amides is 1. The van der Waals surface area contributed by atoms with Crippen LogP contribution in [-0.4, -0.2) is 51.6 Å². The van der Waals surface area contributed by atoms with Gasteiger partial charge in [0.1, 0.15) is 5.82 Å². The molecular weight excluding hydrogens is 355 g/mol. The van der Waals surface area contributed by atoms with Crippen LogP contribution in [0.5, 0.6) is 0 Å². The predicted molar refractivity (Wildman–Crippen MR) is 104 cm³/mol. The second-order valence-electron chi connectivity index (χ2n) is 8.61. The number of piperidine rings is 1. The third-order valence-electron chi connectivity index (χ3n) is 6.63. The summed E-state index contributed by atoms with van der Waals surface area (Å²) in [5, 5.41) is 7.53. The van der Waals surface area contributed by atoms with Crippen LogP contribution in [0.1, 0.15) is 53.0 Å². The number of H-pyrrole nitrogens is 1. The van der Waals surface area contributed by atoms with Crippen molar-refractivity contribution in [3.63, 3.8) is 0 Å². The van der Waals surface area contributed by atoms with Crippen molar-refractivity contribution in [2.75, 3.05) is 19.6 Å². The Balaban J connectivity index is 1.33. The molecule has 0 saturated carbocycles. The quantitative estimate of drug-likeness (QED) is 0.887. The third kappa shape index (κ3) is 3.34. The highest BCUT2D eigenvalue weighted by Gasteiger charge is 2.39. The molecule has 5 nitrogen and oxygen atoms in total. The molecule has 6 rings (SSSR count). The molecule has 6 heteroatoms. The van der Waals surface area contributed by atoms with E-state index in [0.717, 1.165) is 68.7 Å². The van der Waals surface area contributed by atoms with Gasteiger partial charge in [-0.3, -0.25) is 14.8 Å². The summed E-state index contributed by atoms with van der Waals surface area (Å²) in [6.07, 6.45) is 6.52. The van der Waals surface area contributed by atoms with E-state index in [2.05, 4.69) is 20.0 Å². The highest BCUT2D eigenvalue weighted by molar-refractivity contribution is 5.94. The van der Waals surface area contributed by atoms with Gasteiger partial charge in [-0.25, -0.2) is 4.39 Å². The van der Waals surface area contributed by atoms with Crippen LogP contribution >= 0.6 is 0 Å². The van der Waals surface area contributed by atoms with Gasteiger partial charge in [-0.15, -0.1) is 0 Å². The van der Waals surface area contributed by atoms with E-state index in [-0.39, 0.29) is 17.8 Å². The molecule has 1 aromatic heterocycles. The zero-order valence-electron chi connectivity index (χ0n) is 16.2. The molecule has 0 radical (unpaired) electrons. The third-order valence-corrected chi connectivity index (χ3v) is 6.63. The summed E-state index contributed by atoms with van der Waals surface area (Å²) in [6.45, 7) is 3.51. The number of rotatable bonds is 3. The lowest BCUT2D eigenvalue weighted by atomic mass is 9.92. The van der Waals surface area contributed by atoms with Gasteiger partial charge in [-0.05, 0) is 62.1 Å². The molecule has 1 amide bonds. The molecule has 1 N–H and O–H groups in total. The number of hydrogen-bond donors (Lipinski definition) is 1. The van der Waals surface area contributed by atoms with Crippen molar-refractivity contribution in [3.8, 4) is 0 Å². The number of carbonyl (C=O) groups is 1. The van der Waals surface area contributed by atoms with Crippen LogP contribution in [0.2, 0.25) is 0 Å². The molecule has 3 aliphatic heterocycles. The molecule has 2 aromatic rings. The van der Waals surface area contributed by atoms with Crippen molar-refractivity contribution >= 4 is 5.91 Å². The first kappa shape index (κ1) is 17.9. The fourth-order valence-electron chi connectivity index (χ4n) is 5.20. The minimum absolute atomic E-state index is 0.109. The molecule has 28 heavy (non-hydrogen) atoms.